The summed E-state index contributed by atoms with van der Waals surface area (Å²) < 4.78 is 3.98. The average Bonchev–Trinajstić information content (AvgIpc) is 1.23. The van der Waals surface area contributed by atoms with Crippen LogP contribution in [-0.4, -0.2) is 109 Å². The molecule has 6 heterocycles. The van der Waals surface area contributed by atoms with Crippen molar-refractivity contribution < 1.29 is 47.1 Å². The molecule has 7 rings (SSSR count). The number of carbonyl (C=O) groups excluding carboxylic acids is 3. The molecule has 523 valence electrons. The first-order valence-electron chi connectivity index (χ1n) is 33.7. The smallest absolute Gasteiger partial charge is 0.243 e. The van der Waals surface area contributed by atoms with Crippen LogP contribution < -0.4 is 5.32 Å². The van der Waals surface area contributed by atoms with Gasteiger partial charge in [-0.25, -0.2) is 15.1 Å². The van der Waals surface area contributed by atoms with Gasteiger partial charge in [-0.1, -0.05) is 183 Å². The van der Waals surface area contributed by atoms with E-state index in [0.29, 0.717) is 46.7 Å². The van der Waals surface area contributed by atoms with E-state index in [4.69, 9.17) is 5.41 Å². The average molecular weight is 1380 g/mol. The monoisotopic (exact) mass is 1370 g/mol. The molecule has 2 aromatic rings. The maximum absolute atomic E-state index is 12.0. The number of aryl methyl sites for hydroxylation is 1. The van der Waals surface area contributed by atoms with Crippen LogP contribution in [0, 0.1) is 40.9 Å². The molecule has 3 amide bonds. The Balaban J connectivity index is -0.000000306. The Morgan fingerprint density at radius 3 is 1.50 bits per heavy atom. The molecule has 3 atom stereocenters. The summed E-state index contributed by atoms with van der Waals surface area (Å²) in [5.41, 5.74) is 3.64. The molecule has 2 aromatic heterocycles. The maximum atomic E-state index is 12.0. The fraction of sp³-hybridized carbons (Fsp3) is 0.833. The third-order valence-electron chi connectivity index (χ3n) is 12.6. The first-order valence-corrected chi connectivity index (χ1v) is 35.7. The van der Waals surface area contributed by atoms with Crippen molar-refractivity contribution in [2.45, 2.75) is 350 Å². The van der Waals surface area contributed by atoms with E-state index in [2.05, 4.69) is 201 Å². The van der Waals surface area contributed by atoms with E-state index in [1.165, 1.54) is 60.6 Å². The predicted octanol–water partition coefficient (Wildman–Crippen LogP) is 20.1. The van der Waals surface area contributed by atoms with Gasteiger partial charge in [0.1, 0.15) is 5.54 Å². The molecule has 18 heteroatoms. The topological polar surface area (TPSA) is 187 Å². The Kier molecular flexibility index (Phi) is 51.4. The fourth-order valence-corrected chi connectivity index (χ4v) is 9.45. The van der Waals surface area contributed by atoms with E-state index in [0.717, 1.165) is 29.2 Å². The van der Waals surface area contributed by atoms with E-state index < -0.39 is 5.66 Å². The van der Waals surface area contributed by atoms with Crippen molar-refractivity contribution >= 4 is 53.2 Å². The van der Waals surface area contributed by atoms with E-state index in [-0.39, 0.29) is 84.1 Å². The van der Waals surface area contributed by atoms with Crippen molar-refractivity contribution in [1.82, 2.24) is 40.2 Å². The molecule has 4 aliphatic heterocycles. The molecule has 0 saturated carbocycles. The standard InChI is InChI=1S/C11H19N3.C11H19NO2S.C9H13N3.C9H20S.C8H15N3.C7H15NO.C6H12N.2C4H10.C3H7.Y/c1-9(2)14-11-8-6-4-3-5-7-10(11)12-13-14;1-7(2)15-8-6-9(13)12(10(8)14)11(3,4)5;1-7(2)9-5-4-8(3,6-10-9)11-12-9;1-8(2)10-7-6-9(3,4)5;1-6(2)8-5-11(7(3)4)10-9-8;1-5(2)7(9)8-6(3)4;1-5(7)6(2,3)4;2*1-4(2)3;1-3-2;/h9H,3-8H2,1-2H3;7-8H,6H2,1-5H3;4-7H,1-3H3;8H,6-7H2,1-5H3;5-7H,1-4H3;5-6H,1-4H3,(H,8,9);1-4H3;2*4H,1-3H3;3H,1-2H3;/q;;;;;;-1;;;-1;. The molecule has 5 aliphatic rings. The summed E-state index contributed by atoms with van der Waals surface area (Å²) in [6.45, 7) is 72.5. The van der Waals surface area contributed by atoms with Crippen LogP contribution in [0.25, 0.3) is 5.41 Å². The minimum absolute atomic E-state index is 0. The number of aromatic nitrogens is 6. The third-order valence-corrected chi connectivity index (χ3v) is 15.0. The number of fused-ring (bicyclic) bond motifs is 1. The second-order valence-corrected chi connectivity index (χ2v) is 34.3. The summed E-state index contributed by atoms with van der Waals surface area (Å²) in [7, 11) is 0. The Bertz CT molecular complexity index is 2240. The molecule has 0 aromatic carbocycles. The number of rotatable bonds is 11. The molecular formula is C72H140N12O3S2Y-2. The molecule has 2 bridgehead atoms. The Hall–Kier alpha value is -2.63. The minimum Gasteiger partial charge on any atom is -0.811 e. The van der Waals surface area contributed by atoms with Crippen LogP contribution in [0.3, 0.4) is 0 Å². The van der Waals surface area contributed by atoms with E-state index in [1.54, 1.807) is 18.7 Å². The zero-order valence-electron chi connectivity index (χ0n) is 64.6. The summed E-state index contributed by atoms with van der Waals surface area (Å²) in [5.74, 6) is 4.00. The van der Waals surface area contributed by atoms with E-state index >= 15 is 0 Å². The van der Waals surface area contributed by atoms with Crippen molar-refractivity contribution in [3.05, 3.63) is 47.3 Å². The van der Waals surface area contributed by atoms with Gasteiger partial charge in [-0.3, -0.25) is 24.3 Å². The number of hydrogen-bond acceptors (Lipinski definition) is 12. The van der Waals surface area contributed by atoms with Gasteiger partial charge in [0.25, 0.3) is 0 Å². The maximum Gasteiger partial charge on any atom is 0.243 e. The molecule has 15 nitrogen and oxygen atoms in total. The zero-order valence-corrected chi connectivity index (χ0v) is 69.1. The van der Waals surface area contributed by atoms with Gasteiger partial charge in [0.2, 0.25) is 17.7 Å². The largest absolute Gasteiger partial charge is 0.811 e. The van der Waals surface area contributed by atoms with Gasteiger partial charge in [-0.15, -0.1) is 22.0 Å². The number of imide groups is 1. The molecule has 3 unspecified atom stereocenters. The van der Waals surface area contributed by atoms with Crippen LogP contribution in [0.4, 0.5) is 0 Å². The molecular weight excluding hydrogens is 1230 g/mol. The van der Waals surface area contributed by atoms with Crippen molar-refractivity contribution in [3.63, 3.8) is 0 Å². The third kappa shape index (κ3) is 46.5. The second-order valence-electron chi connectivity index (χ2n) is 30.8. The van der Waals surface area contributed by atoms with Crippen molar-refractivity contribution in [1.29, 1.82) is 0 Å². The van der Waals surface area contributed by atoms with Gasteiger partial charge in [0, 0.05) is 87.0 Å². The van der Waals surface area contributed by atoms with E-state index in [1.807, 2.05) is 127 Å². The normalized spacial score (nSPS) is 18.1. The Morgan fingerprint density at radius 1 is 0.722 bits per heavy atom. The molecule has 1 radical (unpaired) electrons. The number of likely N-dealkylation sites (tertiary alicyclic amines) is 1. The molecule has 0 spiro atoms. The SMILES string of the molecule is CC(=[N-])C(C)(C)C.CC(C)C.CC(C)C.CC(C)C12C=CC(C)(C=N1)N=N2.CC(C)NC(=O)C(C)C.CC(C)SC1CC(=O)N(C(C)(C)C)C1=O.CC(C)SCCC(C)(C)C.CC(C)c1cn(C(C)C)nn1.CC(C)n1nnc2c1CCCCCC2.C[CH-]C.[Y]. The first-order chi connectivity index (χ1) is 40.5. The predicted molar refractivity (Wildman–Crippen MR) is 392 cm³/mol. The molecule has 1 fully saturated rings. The van der Waals surface area contributed by atoms with Gasteiger partial charge in [0.05, 0.1) is 22.3 Å². The quantitative estimate of drug-likeness (QED) is 0.0988. The Labute approximate surface area is 589 Å². The van der Waals surface area contributed by atoms with Crippen LogP contribution in [0.1, 0.15) is 316 Å². The number of aliphatic imine (C=N–C) groups is 1. The number of carbonyl (C=O) groups is 3. The van der Waals surface area contributed by atoms with Crippen LogP contribution >= 0.6 is 23.5 Å². The molecule has 1 N–H and O–H groups in total. The van der Waals surface area contributed by atoms with Gasteiger partial charge in [0.15, 0.2) is 5.66 Å². The molecule has 1 aliphatic carbocycles. The summed E-state index contributed by atoms with van der Waals surface area (Å²) >= 11 is 3.64. The number of hydrogen-bond donors (Lipinski definition) is 1. The summed E-state index contributed by atoms with van der Waals surface area (Å²) in [4.78, 5) is 40.4. The summed E-state index contributed by atoms with van der Waals surface area (Å²) in [5, 5.41) is 37.7. The van der Waals surface area contributed by atoms with Crippen molar-refractivity contribution in [2.24, 2.45) is 49.7 Å². The number of thioether (sulfide) groups is 2. The Morgan fingerprint density at radius 2 is 1.21 bits per heavy atom. The second kappa shape index (κ2) is 48.1. The van der Waals surface area contributed by atoms with Crippen molar-refractivity contribution in [2.75, 3.05) is 5.75 Å². The molecule has 1 saturated heterocycles. The summed E-state index contributed by atoms with van der Waals surface area (Å²) in [6.07, 6.45) is 19.3. The number of nitrogens with zero attached hydrogens (tertiary/aromatic N) is 11. The number of amides is 3. The summed E-state index contributed by atoms with van der Waals surface area (Å²) in [6, 6.07) is 1.13. The van der Waals surface area contributed by atoms with Crippen LogP contribution in [0.2, 0.25) is 0 Å². The van der Waals surface area contributed by atoms with Gasteiger partial charge in [-0.05, 0) is 158 Å². The van der Waals surface area contributed by atoms with Crippen LogP contribution in [0.5, 0.6) is 0 Å². The van der Waals surface area contributed by atoms with E-state index in [9.17, 15) is 14.4 Å². The first kappa shape index (κ1) is 96.1. The van der Waals surface area contributed by atoms with Crippen LogP contribution in [0.15, 0.2) is 33.6 Å². The fourth-order valence-electron chi connectivity index (χ4n) is 7.13. The van der Waals surface area contributed by atoms with Crippen LogP contribution in [-0.2, 0) is 59.9 Å². The zero-order chi connectivity index (χ0) is 70.6. The van der Waals surface area contributed by atoms with Gasteiger partial charge < -0.3 is 17.1 Å². The molecule has 90 heavy (non-hydrogen) atoms. The number of azo groups is 1. The van der Waals surface area contributed by atoms with Crippen molar-refractivity contribution in [3.8, 4) is 0 Å². The van der Waals surface area contributed by atoms with Gasteiger partial charge >= 0.3 is 0 Å². The van der Waals surface area contributed by atoms with Gasteiger partial charge in [-0.2, -0.15) is 35.8 Å². The number of dihydropyridines is 1. The minimum atomic E-state index is -0.391. The number of nitrogens with one attached hydrogen (secondary N) is 1.